The lowest BCUT2D eigenvalue weighted by Crippen LogP contribution is -2.58. The molecular weight excluding hydrogens is 494 g/mol. The monoisotopic (exact) mass is 533 g/mol. The fourth-order valence-electron chi connectivity index (χ4n) is 4.83. The molecule has 2 fully saturated rings. The number of nitrogens with zero attached hydrogens (tertiary/aromatic N) is 2. The van der Waals surface area contributed by atoms with E-state index in [1.807, 2.05) is 44.2 Å². The van der Waals surface area contributed by atoms with Gasteiger partial charge in [0, 0.05) is 18.8 Å². The minimum Gasteiger partial charge on any atom is -0.480 e. The van der Waals surface area contributed by atoms with Crippen LogP contribution >= 0.6 is 11.8 Å². The number of likely N-dealkylation sites (tertiary alicyclic amines) is 1. The minimum atomic E-state index is -1.06. The third-order valence-corrected chi connectivity index (χ3v) is 8.26. The first kappa shape index (κ1) is 28.8. The van der Waals surface area contributed by atoms with Crippen LogP contribution < -0.4 is 5.32 Å². The maximum atomic E-state index is 13.7. The van der Waals surface area contributed by atoms with Crippen molar-refractivity contribution in [2.24, 2.45) is 5.92 Å². The van der Waals surface area contributed by atoms with Crippen LogP contribution in [0, 0.1) is 5.92 Å². The third-order valence-electron chi connectivity index (χ3n) is 7.25. The van der Waals surface area contributed by atoms with E-state index in [9.17, 15) is 24.3 Å². The van der Waals surface area contributed by atoms with E-state index in [1.165, 1.54) is 16.7 Å². The van der Waals surface area contributed by atoms with Gasteiger partial charge in [0.2, 0.25) is 11.8 Å². The summed E-state index contributed by atoms with van der Waals surface area (Å²) in [7, 11) is 0. The largest absolute Gasteiger partial charge is 0.480 e. The predicted octanol–water partition coefficient (Wildman–Crippen LogP) is 3.47. The predicted molar refractivity (Wildman–Crippen MR) is 142 cm³/mol. The van der Waals surface area contributed by atoms with Crippen LogP contribution in [0.4, 0.5) is 4.79 Å². The molecule has 2 saturated heterocycles. The first-order chi connectivity index (χ1) is 17.4. The minimum absolute atomic E-state index is 0.152. The molecule has 37 heavy (non-hydrogen) atoms. The lowest BCUT2D eigenvalue weighted by atomic mass is 9.71. The number of rotatable bonds is 7. The number of carbonyl (C=O) groups excluding carboxylic acids is 3. The number of carbonyl (C=O) groups is 4. The maximum absolute atomic E-state index is 13.7. The number of amides is 3. The van der Waals surface area contributed by atoms with Gasteiger partial charge in [-0.3, -0.25) is 14.5 Å². The van der Waals surface area contributed by atoms with E-state index >= 15 is 0 Å². The van der Waals surface area contributed by atoms with Crippen LogP contribution in [0.15, 0.2) is 30.3 Å². The molecule has 3 amide bonds. The summed E-state index contributed by atoms with van der Waals surface area (Å²) in [5.41, 5.74) is -0.803. The standard InChI is InChI=1S/C27H39N3O6S/c1-6-18(2)21(23(32)33)28-24(34)27(19-10-8-7-9-11-19)12-14-29(15-13-27)22(31)20-16-37-17-30(20)25(35)36-26(3,4)5/h7-11,18,20-21H,6,12-17H2,1-5H3,(H,28,34)(H,32,33)/t18-,20-,21-/m0/s1. The molecule has 0 unspecified atom stereocenters. The second-order valence-electron chi connectivity index (χ2n) is 10.9. The highest BCUT2D eigenvalue weighted by Crippen LogP contribution is 2.37. The highest BCUT2D eigenvalue weighted by Gasteiger charge is 2.47. The highest BCUT2D eigenvalue weighted by atomic mass is 32.2. The second-order valence-corrected chi connectivity index (χ2v) is 11.9. The Hall–Kier alpha value is -2.75. The summed E-state index contributed by atoms with van der Waals surface area (Å²) in [4.78, 5) is 55.0. The number of carboxylic acids is 1. The molecule has 0 radical (unpaired) electrons. The molecule has 0 saturated carbocycles. The van der Waals surface area contributed by atoms with E-state index < -0.39 is 35.2 Å². The number of nitrogens with one attached hydrogen (secondary N) is 1. The Kier molecular flexibility index (Phi) is 9.15. The van der Waals surface area contributed by atoms with Crippen molar-refractivity contribution in [3.63, 3.8) is 0 Å². The van der Waals surface area contributed by atoms with Gasteiger partial charge in [0.05, 0.1) is 11.3 Å². The van der Waals surface area contributed by atoms with Crippen LogP contribution in [0.3, 0.4) is 0 Å². The zero-order valence-electron chi connectivity index (χ0n) is 22.4. The Balaban J connectivity index is 1.78. The second kappa shape index (κ2) is 11.8. The fraction of sp³-hybridized carbons (Fsp3) is 0.630. The molecule has 2 aliphatic heterocycles. The molecule has 1 aromatic rings. The Bertz CT molecular complexity index is 988. The van der Waals surface area contributed by atoms with Crippen molar-refractivity contribution in [3.8, 4) is 0 Å². The fourth-order valence-corrected chi connectivity index (χ4v) is 5.97. The zero-order valence-corrected chi connectivity index (χ0v) is 23.2. The molecule has 0 bridgehead atoms. The lowest BCUT2D eigenvalue weighted by Gasteiger charge is -2.42. The van der Waals surface area contributed by atoms with Gasteiger partial charge in [0.25, 0.3) is 0 Å². The summed E-state index contributed by atoms with van der Waals surface area (Å²) in [5, 5.41) is 12.5. The van der Waals surface area contributed by atoms with Crippen molar-refractivity contribution < 1.29 is 29.0 Å². The van der Waals surface area contributed by atoms with E-state index in [1.54, 1.807) is 25.7 Å². The summed E-state index contributed by atoms with van der Waals surface area (Å²) in [6, 6.07) is 7.76. The lowest BCUT2D eigenvalue weighted by molar-refractivity contribution is -0.145. The number of piperidine rings is 1. The Morgan fingerprint density at radius 2 is 1.78 bits per heavy atom. The van der Waals surface area contributed by atoms with Crippen LogP contribution in [0.5, 0.6) is 0 Å². The summed E-state index contributed by atoms with van der Waals surface area (Å²) in [6.45, 7) is 9.73. The van der Waals surface area contributed by atoms with Crippen LogP contribution in [-0.2, 0) is 24.5 Å². The van der Waals surface area contributed by atoms with Crippen molar-refractivity contribution in [2.75, 3.05) is 24.7 Å². The molecule has 1 aromatic carbocycles. The molecule has 3 rings (SSSR count). The van der Waals surface area contributed by atoms with Gasteiger partial charge >= 0.3 is 12.1 Å². The molecule has 204 valence electrons. The Morgan fingerprint density at radius 1 is 1.16 bits per heavy atom. The topological polar surface area (TPSA) is 116 Å². The van der Waals surface area contributed by atoms with Crippen molar-refractivity contribution in [1.82, 2.24) is 15.1 Å². The highest BCUT2D eigenvalue weighted by molar-refractivity contribution is 7.99. The van der Waals surface area contributed by atoms with E-state index in [-0.39, 0.29) is 17.7 Å². The number of carboxylic acid groups (broad SMARTS) is 1. The summed E-state index contributed by atoms with van der Waals surface area (Å²) < 4.78 is 5.50. The van der Waals surface area contributed by atoms with Crippen LogP contribution in [0.2, 0.25) is 0 Å². The molecule has 3 atom stereocenters. The Labute approximate surface area is 223 Å². The van der Waals surface area contributed by atoms with Gasteiger partial charge < -0.3 is 20.1 Å². The van der Waals surface area contributed by atoms with Gasteiger partial charge in [-0.15, -0.1) is 11.8 Å². The number of thioether (sulfide) groups is 1. The van der Waals surface area contributed by atoms with Gasteiger partial charge in [0.15, 0.2) is 0 Å². The number of hydrogen-bond donors (Lipinski definition) is 2. The third kappa shape index (κ3) is 6.58. The molecule has 0 spiro atoms. The van der Waals surface area contributed by atoms with E-state index in [2.05, 4.69) is 5.32 Å². The first-order valence-electron chi connectivity index (χ1n) is 12.8. The molecule has 2 aliphatic rings. The quantitative estimate of drug-likeness (QED) is 0.551. The molecular formula is C27H39N3O6S. The number of hydrogen-bond acceptors (Lipinski definition) is 6. The van der Waals surface area contributed by atoms with E-state index in [4.69, 9.17) is 4.74 Å². The van der Waals surface area contributed by atoms with Gasteiger partial charge in [-0.2, -0.15) is 0 Å². The zero-order chi connectivity index (χ0) is 27.4. The Morgan fingerprint density at radius 3 is 2.32 bits per heavy atom. The molecule has 0 aromatic heterocycles. The summed E-state index contributed by atoms with van der Waals surface area (Å²) >= 11 is 1.51. The number of ether oxygens (including phenoxy) is 1. The molecule has 10 heteroatoms. The van der Waals surface area contributed by atoms with Crippen molar-refractivity contribution in [1.29, 1.82) is 0 Å². The van der Waals surface area contributed by atoms with Crippen LogP contribution in [0.25, 0.3) is 0 Å². The first-order valence-corrected chi connectivity index (χ1v) is 14.0. The summed E-state index contributed by atoms with van der Waals surface area (Å²) in [5.74, 6) is -0.879. The summed E-state index contributed by atoms with van der Waals surface area (Å²) in [6.07, 6.45) is 0.822. The van der Waals surface area contributed by atoms with Gasteiger partial charge in [-0.05, 0) is 45.1 Å². The average molecular weight is 534 g/mol. The SMILES string of the molecule is CC[C@H](C)[C@H](NC(=O)C1(c2ccccc2)CCN(C(=O)[C@@H]2CSCN2C(=O)OC(C)(C)C)CC1)C(=O)O. The maximum Gasteiger partial charge on any atom is 0.411 e. The van der Waals surface area contributed by atoms with Crippen molar-refractivity contribution in [2.45, 2.75) is 77.0 Å². The molecule has 9 nitrogen and oxygen atoms in total. The van der Waals surface area contributed by atoms with Crippen LogP contribution in [-0.4, -0.2) is 81.2 Å². The van der Waals surface area contributed by atoms with Crippen LogP contribution in [0.1, 0.15) is 59.4 Å². The van der Waals surface area contributed by atoms with Gasteiger partial charge in [0.1, 0.15) is 17.7 Å². The molecule has 2 N–H and O–H groups in total. The van der Waals surface area contributed by atoms with Gasteiger partial charge in [-0.25, -0.2) is 9.59 Å². The van der Waals surface area contributed by atoms with E-state index in [0.717, 1.165) is 5.56 Å². The molecule has 0 aliphatic carbocycles. The number of benzene rings is 1. The van der Waals surface area contributed by atoms with Gasteiger partial charge in [-0.1, -0.05) is 50.6 Å². The van der Waals surface area contributed by atoms with Crippen molar-refractivity contribution in [3.05, 3.63) is 35.9 Å². The average Bonchev–Trinajstić information content (AvgIpc) is 3.36. The smallest absolute Gasteiger partial charge is 0.411 e. The van der Waals surface area contributed by atoms with E-state index in [0.29, 0.717) is 44.0 Å². The molecule has 2 heterocycles. The normalized spacial score (nSPS) is 21.2. The van der Waals surface area contributed by atoms with Crippen molar-refractivity contribution >= 4 is 35.6 Å². The number of aliphatic carboxylic acids is 1.